The Labute approximate surface area is 219 Å². The summed E-state index contributed by atoms with van der Waals surface area (Å²) in [6, 6.07) is 34.2. The van der Waals surface area contributed by atoms with Crippen molar-refractivity contribution in [1.82, 2.24) is 0 Å². The monoisotopic (exact) mass is 532 g/mol. The largest absolute Gasteiger partial charge is 1.00 e. The molecule has 2 aliphatic rings. The van der Waals surface area contributed by atoms with Gasteiger partial charge in [-0.1, -0.05) is 124 Å². The average molecular weight is 533 g/mol. The number of rotatable bonds is 9. The van der Waals surface area contributed by atoms with Gasteiger partial charge in [-0.15, -0.1) is 0 Å². The summed E-state index contributed by atoms with van der Waals surface area (Å²) in [5.74, 6) is 2.11. The number of hydrogen-bond donors (Lipinski definition) is 0. The van der Waals surface area contributed by atoms with Crippen LogP contribution in [0.25, 0.3) is 0 Å². The number of halogens is 1. The molecule has 34 heavy (non-hydrogen) atoms. The molecule has 0 saturated carbocycles. The molecule has 2 bridgehead atoms. The Morgan fingerprint density at radius 3 is 1.38 bits per heavy atom. The Hall–Kier alpha value is -1.37. The minimum atomic E-state index is -1.64. The van der Waals surface area contributed by atoms with Gasteiger partial charge in [0.15, 0.2) is 0 Å². The molecule has 3 aromatic rings. The molecule has 178 valence electrons. The van der Waals surface area contributed by atoms with Gasteiger partial charge in [-0.25, -0.2) is 0 Å². The van der Waals surface area contributed by atoms with Crippen LogP contribution in [-0.4, -0.2) is 12.9 Å². The van der Waals surface area contributed by atoms with Gasteiger partial charge in [-0.05, 0) is 42.8 Å². The minimum absolute atomic E-state index is 0. The van der Waals surface area contributed by atoms with E-state index in [0.717, 1.165) is 18.3 Å². The van der Waals surface area contributed by atoms with Gasteiger partial charge in [0.1, 0.15) is 29.9 Å². The van der Waals surface area contributed by atoms with E-state index in [9.17, 15) is 0 Å². The van der Waals surface area contributed by atoms with Crippen LogP contribution in [0.1, 0.15) is 57.8 Å². The SMILES string of the molecule is [Br-].c1ccc([P+](CCCCCB2C3CCCC2CCC3)(c2ccccc2)c2ccccc2)cc1. The molecule has 3 heteroatoms. The van der Waals surface area contributed by atoms with Crippen molar-refractivity contribution in [3.8, 4) is 0 Å². The molecule has 0 N–H and O–H groups in total. The zero-order chi connectivity index (χ0) is 22.3. The van der Waals surface area contributed by atoms with Crippen LogP contribution in [0.4, 0.5) is 0 Å². The molecule has 0 amide bonds. The molecular weight excluding hydrogens is 494 g/mol. The highest BCUT2D eigenvalue weighted by molar-refractivity contribution is 7.95. The van der Waals surface area contributed by atoms with Gasteiger partial charge in [0.05, 0.1) is 6.16 Å². The lowest BCUT2D eigenvalue weighted by Gasteiger charge is -2.40. The van der Waals surface area contributed by atoms with Crippen molar-refractivity contribution in [2.45, 2.75) is 75.7 Å². The van der Waals surface area contributed by atoms with Crippen LogP contribution in [0.5, 0.6) is 0 Å². The fraction of sp³-hybridized carbons (Fsp3) is 0.419. The van der Waals surface area contributed by atoms with E-state index in [1.807, 2.05) is 0 Å². The summed E-state index contributed by atoms with van der Waals surface area (Å²) >= 11 is 0. The Kier molecular flexibility index (Phi) is 9.49. The summed E-state index contributed by atoms with van der Waals surface area (Å²) in [7, 11) is -1.64. The second-order valence-electron chi connectivity index (χ2n) is 10.4. The van der Waals surface area contributed by atoms with Crippen molar-refractivity contribution < 1.29 is 17.0 Å². The molecule has 2 fully saturated rings. The summed E-state index contributed by atoms with van der Waals surface area (Å²) < 4.78 is 0. The van der Waals surface area contributed by atoms with Crippen LogP contribution in [0.15, 0.2) is 91.0 Å². The van der Waals surface area contributed by atoms with E-state index >= 15 is 0 Å². The van der Waals surface area contributed by atoms with Gasteiger partial charge in [-0.2, -0.15) is 0 Å². The molecule has 0 radical (unpaired) electrons. The lowest BCUT2D eigenvalue weighted by Crippen LogP contribution is -3.00. The highest BCUT2D eigenvalue weighted by Crippen LogP contribution is 2.56. The summed E-state index contributed by atoms with van der Waals surface area (Å²) in [4.78, 5) is 0. The molecule has 0 unspecified atom stereocenters. The quantitative estimate of drug-likeness (QED) is 0.212. The van der Waals surface area contributed by atoms with E-state index < -0.39 is 7.26 Å². The van der Waals surface area contributed by atoms with Crippen molar-refractivity contribution in [3.05, 3.63) is 91.0 Å². The molecule has 2 saturated heterocycles. The van der Waals surface area contributed by atoms with E-state index in [1.165, 1.54) is 86.2 Å². The normalized spacial score (nSPS) is 19.9. The first-order valence-electron chi connectivity index (χ1n) is 13.4. The van der Waals surface area contributed by atoms with Crippen molar-refractivity contribution in [3.63, 3.8) is 0 Å². The Bertz CT molecular complexity index is 859. The van der Waals surface area contributed by atoms with E-state index in [1.54, 1.807) is 0 Å². The molecule has 3 aromatic carbocycles. The average Bonchev–Trinajstić information content (AvgIpc) is 2.88. The van der Waals surface area contributed by atoms with Crippen LogP contribution in [-0.2, 0) is 0 Å². The molecule has 2 heterocycles. The molecular formula is C31H39BBrP. The topological polar surface area (TPSA) is 0 Å². The van der Waals surface area contributed by atoms with Gasteiger partial charge >= 0.3 is 0 Å². The Balaban J connectivity index is 0.00000274. The van der Waals surface area contributed by atoms with Crippen LogP contribution in [0.3, 0.4) is 0 Å². The Morgan fingerprint density at radius 2 is 0.971 bits per heavy atom. The third-order valence-electron chi connectivity index (χ3n) is 8.63. The fourth-order valence-electron chi connectivity index (χ4n) is 7.07. The van der Waals surface area contributed by atoms with E-state index in [0.29, 0.717) is 0 Å². The van der Waals surface area contributed by atoms with Crippen molar-refractivity contribution in [2.24, 2.45) is 0 Å². The standard InChI is InChI=1S/C31H39BP.BrH/c1-5-19-29(20-6-1)33(30-21-7-2-8-22-30,31-23-9-3-10-24-31)26-12-4-11-25-32-27-15-13-16-28(32)18-14-17-27;/h1-3,5-10,19-24,27-28H,4,11-18,25-26H2;1H/q+1;/p-1. The molecule has 0 spiro atoms. The Morgan fingerprint density at radius 1 is 0.559 bits per heavy atom. The number of hydrogen-bond acceptors (Lipinski definition) is 0. The zero-order valence-corrected chi connectivity index (χ0v) is 23.0. The van der Waals surface area contributed by atoms with Gasteiger partial charge in [-0.3, -0.25) is 0 Å². The van der Waals surface area contributed by atoms with Gasteiger partial charge in [0, 0.05) is 0 Å². The fourth-order valence-corrected chi connectivity index (χ4v) is 11.5. The first-order valence-corrected chi connectivity index (χ1v) is 15.4. The summed E-state index contributed by atoms with van der Waals surface area (Å²) in [6.07, 6.45) is 16.0. The predicted molar refractivity (Wildman–Crippen MR) is 150 cm³/mol. The maximum atomic E-state index is 2.39. The van der Waals surface area contributed by atoms with Crippen LogP contribution >= 0.6 is 7.26 Å². The molecule has 0 aliphatic carbocycles. The third kappa shape index (κ3) is 5.55. The van der Waals surface area contributed by atoms with Crippen LogP contribution in [0, 0.1) is 0 Å². The first kappa shape index (κ1) is 25.7. The minimum Gasteiger partial charge on any atom is -1.00 e. The summed E-state index contributed by atoms with van der Waals surface area (Å²) in [5.41, 5.74) is 0. The number of unbranched alkanes of at least 4 members (excludes halogenated alkanes) is 2. The van der Waals surface area contributed by atoms with Crippen molar-refractivity contribution >= 4 is 29.9 Å². The highest BCUT2D eigenvalue weighted by Gasteiger charge is 2.44. The second-order valence-corrected chi connectivity index (χ2v) is 14.1. The maximum absolute atomic E-state index is 2.39. The second kappa shape index (κ2) is 12.6. The third-order valence-corrected chi connectivity index (χ3v) is 13.2. The maximum Gasteiger partial charge on any atom is 0.146 e. The molecule has 0 atom stereocenters. The van der Waals surface area contributed by atoms with Crippen LogP contribution < -0.4 is 32.9 Å². The lowest BCUT2D eigenvalue weighted by atomic mass is 9.26. The molecule has 5 rings (SSSR count). The summed E-state index contributed by atoms with van der Waals surface area (Å²) in [6.45, 7) is 1.05. The van der Waals surface area contributed by atoms with E-state index in [4.69, 9.17) is 0 Å². The predicted octanol–water partition coefficient (Wildman–Crippen LogP) is 4.76. The van der Waals surface area contributed by atoms with Crippen molar-refractivity contribution in [1.29, 1.82) is 0 Å². The number of fused-ring (bicyclic) bond motifs is 2. The van der Waals surface area contributed by atoms with E-state index in [-0.39, 0.29) is 17.0 Å². The number of benzene rings is 3. The first-order chi connectivity index (χ1) is 16.4. The smallest absolute Gasteiger partial charge is 0.146 e. The van der Waals surface area contributed by atoms with Gasteiger partial charge < -0.3 is 17.0 Å². The lowest BCUT2D eigenvalue weighted by molar-refractivity contribution is -0.00000651. The highest BCUT2D eigenvalue weighted by atomic mass is 79.9. The molecule has 0 aromatic heterocycles. The molecule has 0 nitrogen and oxygen atoms in total. The van der Waals surface area contributed by atoms with Crippen molar-refractivity contribution in [2.75, 3.05) is 6.16 Å². The summed E-state index contributed by atoms with van der Waals surface area (Å²) in [5, 5.41) is 4.60. The van der Waals surface area contributed by atoms with E-state index in [2.05, 4.69) is 91.0 Å². The van der Waals surface area contributed by atoms with Gasteiger partial charge in [0.25, 0.3) is 0 Å². The van der Waals surface area contributed by atoms with Gasteiger partial charge in [0.2, 0.25) is 0 Å². The zero-order valence-electron chi connectivity index (χ0n) is 20.5. The van der Waals surface area contributed by atoms with Crippen LogP contribution in [0.2, 0.25) is 18.0 Å². The molecule has 2 aliphatic heterocycles.